The first-order valence-electron chi connectivity index (χ1n) is 8.63. The number of hydrogen-bond donors (Lipinski definition) is 1. The van der Waals surface area contributed by atoms with Crippen LogP contribution in [0.3, 0.4) is 0 Å². The van der Waals surface area contributed by atoms with E-state index in [2.05, 4.69) is 62.5 Å². The van der Waals surface area contributed by atoms with E-state index < -0.39 is 0 Å². The average molecular weight is 319 g/mol. The van der Waals surface area contributed by atoms with Crippen molar-refractivity contribution in [3.63, 3.8) is 0 Å². The average Bonchev–Trinajstić information content (AvgIpc) is 3.00. The van der Waals surface area contributed by atoms with Gasteiger partial charge in [0.2, 0.25) is 5.91 Å². The molecule has 0 saturated carbocycles. The van der Waals surface area contributed by atoms with E-state index >= 15 is 0 Å². The molecule has 2 nitrogen and oxygen atoms in total. The Morgan fingerprint density at radius 1 is 1.00 bits per heavy atom. The van der Waals surface area contributed by atoms with Gasteiger partial charge in [0.05, 0.1) is 0 Å². The Bertz CT molecular complexity index is 764. The second-order valence-electron chi connectivity index (χ2n) is 7.53. The van der Waals surface area contributed by atoms with Crippen LogP contribution in [0.4, 0.5) is 5.69 Å². The first-order valence-corrected chi connectivity index (χ1v) is 8.63. The Morgan fingerprint density at radius 2 is 1.71 bits per heavy atom. The molecule has 0 spiro atoms. The van der Waals surface area contributed by atoms with Crippen LogP contribution in [0.25, 0.3) is 6.08 Å². The number of carbonyl (C=O) groups is 1. The molecule has 2 heteroatoms. The van der Waals surface area contributed by atoms with Crippen LogP contribution in [0.15, 0.2) is 48.5 Å². The van der Waals surface area contributed by atoms with E-state index in [1.54, 1.807) is 6.08 Å². The van der Waals surface area contributed by atoms with Crippen molar-refractivity contribution >= 4 is 17.7 Å². The van der Waals surface area contributed by atoms with Crippen molar-refractivity contribution in [3.05, 3.63) is 70.8 Å². The lowest BCUT2D eigenvalue weighted by molar-refractivity contribution is -0.111. The molecule has 0 fully saturated rings. The molecule has 1 aliphatic rings. The van der Waals surface area contributed by atoms with Gasteiger partial charge in [0.15, 0.2) is 0 Å². The molecule has 1 N–H and O–H groups in total. The minimum atomic E-state index is -0.0900. The molecular weight excluding hydrogens is 294 g/mol. The lowest BCUT2D eigenvalue weighted by Crippen LogP contribution is -2.10. The second kappa shape index (κ2) is 6.64. The first kappa shape index (κ1) is 16.5. The molecule has 0 bridgehead atoms. The maximum atomic E-state index is 12.1. The number of amides is 1. The Hall–Kier alpha value is -2.35. The Labute approximate surface area is 144 Å². The second-order valence-corrected chi connectivity index (χ2v) is 7.53. The zero-order valence-corrected chi connectivity index (χ0v) is 14.7. The summed E-state index contributed by atoms with van der Waals surface area (Å²) in [7, 11) is 0. The third-order valence-corrected chi connectivity index (χ3v) is 4.57. The van der Waals surface area contributed by atoms with Crippen LogP contribution in [0.1, 0.15) is 49.4 Å². The van der Waals surface area contributed by atoms with Crippen LogP contribution in [-0.2, 0) is 23.1 Å². The maximum absolute atomic E-state index is 12.1. The normalized spacial score (nSPS) is 14.0. The third-order valence-electron chi connectivity index (χ3n) is 4.57. The molecule has 0 atom stereocenters. The van der Waals surface area contributed by atoms with Gasteiger partial charge in [-0.3, -0.25) is 4.79 Å². The molecule has 0 unspecified atom stereocenters. The number of nitrogens with one attached hydrogen (secondary N) is 1. The number of rotatable bonds is 3. The Balaban J connectivity index is 1.63. The molecule has 2 aromatic rings. The highest BCUT2D eigenvalue weighted by atomic mass is 16.1. The van der Waals surface area contributed by atoms with Crippen molar-refractivity contribution in [1.82, 2.24) is 0 Å². The summed E-state index contributed by atoms with van der Waals surface area (Å²) in [4.78, 5) is 12.1. The highest BCUT2D eigenvalue weighted by molar-refractivity contribution is 6.02. The van der Waals surface area contributed by atoms with Crippen molar-refractivity contribution in [1.29, 1.82) is 0 Å². The predicted molar refractivity (Wildman–Crippen MR) is 101 cm³/mol. The predicted octanol–water partition coefficient (Wildman–Crippen LogP) is 5.12. The first-order chi connectivity index (χ1) is 11.4. The van der Waals surface area contributed by atoms with E-state index in [0.717, 1.165) is 24.1 Å². The van der Waals surface area contributed by atoms with Crippen LogP contribution in [-0.4, -0.2) is 5.91 Å². The summed E-state index contributed by atoms with van der Waals surface area (Å²) in [5, 5.41) is 2.95. The summed E-state index contributed by atoms with van der Waals surface area (Å²) in [6.45, 7) is 6.59. The highest BCUT2D eigenvalue weighted by Gasteiger charge is 2.13. The number of fused-ring (bicyclic) bond motifs is 1. The standard InChI is InChI=1S/C22H25NO/c1-22(2,3)19-11-7-16(8-12-19)9-14-21(24)23-20-13-10-17-5-4-6-18(17)15-20/h7-15H,4-6H2,1-3H3,(H,23,24). The lowest BCUT2D eigenvalue weighted by atomic mass is 9.87. The largest absolute Gasteiger partial charge is 0.323 e. The molecule has 24 heavy (non-hydrogen) atoms. The van der Waals surface area contributed by atoms with E-state index in [-0.39, 0.29) is 11.3 Å². The fraction of sp³-hybridized carbons (Fsp3) is 0.318. The van der Waals surface area contributed by atoms with Crippen molar-refractivity contribution in [2.24, 2.45) is 0 Å². The summed E-state index contributed by atoms with van der Waals surface area (Å²) >= 11 is 0. The zero-order valence-electron chi connectivity index (χ0n) is 14.7. The van der Waals surface area contributed by atoms with Gasteiger partial charge in [-0.15, -0.1) is 0 Å². The molecule has 0 saturated heterocycles. The van der Waals surface area contributed by atoms with Gasteiger partial charge < -0.3 is 5.32 Å². The fourth-order valence-corrected chi connectivity index (χ4v) is 3.10. The zero-order chi connectivity index (χ0) is 17.2. The summed E-state index contributed by atoms with van der Waals surface area (Å²) in [6.07, 6.45) is 6.95. The molecule has 1 amide bonds. The van der Waals surface area contributed by atoms with Crippen molar-refractivity contribution in [2.45, 2.75) is 45.4 Å². The summed E-state index contributed by atoms with van der Waals surface area (Å²) in [5.74, 6) is -0.0900. The van der Waals surface area contributed by atoms with E-state index in [1.165, 1.54) is 23.1 Å². The molecule has 124 valence electrons. The topological polar surface area (TPSA) is 29.1 Å². The molecule has 3 rings (SSSR count). The van der Waals surface area contributed by atoms with Gasteiger partial charge >= 0.3 is 0 Å². The maximum Gasteiger partial charge on any atom is 0.248 e. The summed E-state index contributed by atoms with van der Waals surface area (Å²) in [5.41, 5.74) is 6.15. The molecule has 0 aromatic heterocycles. The third kappa shape index (κ3) is 3.94. The SMILES string of the molecule is CC(C)(C)c1ccc(C=CC(=O)Nc2ccc3c(c2)CCC3)cc1. The number of carbonyl (C=O) groups excluding carboxylic acids is 1. The van der Waals surface area contributed by atoms with E-state index in [9.17, 15) is 4.79 Å². The molecule has 0 heterocycles. The molecule has 0 radical (unpaired) electrons. The van der Waals surface area contributed by atoms with Crippen LogP contribution < -0.4 is 5.32 Å². The minimum absolute atomic E-state index is 0.0900. The van der Waals surface area contributed by atoms with Gasteiger partial charge in [0, 0.05) is 11.8 Å². The van der Waals surface area contributed by atoms with E-state index in [4.69, 9.17) is 0 Å². The van der Waals surface area contributed by atoms with Gasteiger partial charge in [0.1, 0.15) is 0 Å². The van der Waals surface area contributed by atoms with Gasteiger partial charge in [-0.05, 0) is 65.1 Å². The van der Waals surface area contributed by atoms with Crippen LogP contribution >= 0.6 is 0 Å². The Morgan fingerprint density at radius 3 is 2.42 bits per heavy atom. The molecule has 2 aromatic carbocycles. The van der Waals surface area contributed by atoms with Gasteiger partial charge in [-0.25, -0.2) is 0 Å². The van der Waals surface area contributed by atoms with Crippen molar-refractivity contribution in [2.75, 3.05) is 5.32 Å². The van der Waals surface area contributed by atoms with Crippen molar-refractivity contribution < 1.29 is 4.79 Å². The van der Waals surface area contributed by atoms with Crippen LogP contribution in [0.5, 0.6) is 0 Å². The molecule has 1 aliphatic carbocycles. The number of aryl methyl sites for hydroxylation is 2. The smallest absolute Gasteiger partial charge is 0.248 e. The molecular formula is C22H25NO. The number of anilines is 1. The Kier molecular flexibility index (Phi) is 4.57. The van der Waals surface area contributed by atoms with Gasteiger partial charge in [0.25, 0.3) is 0 Å². The minimum Gasteiger partial charge on any atom is -0.323 e. The monoisotopic (exact) mass is 319 g/mol. The molecule has 0 aliphatic heterocycles. The van der Waals surface area contributed by atoms with Crippen molar-refractivity contribution in [3.8, 4) is 0 Å². The van der Waals surface area contributed by atoms with Gasteiger partial charge in [-0.2, -0.15) is 0 Å². The highest BCUT2D eigenvalue weighted by Crippen LogP contribution is 2.25. The van der Waals surface area contributed by atoms with E-state index in [1.807, 2.05) is 12.1 Å². The lowest BCUT2D eigenvalue weighted by Gasteiger charge is -2.18. The number of benzene rings is 2. The van der Waals surface area contributed by atoms with Crippen LogP contribution in [0, 0.1) is 0 Å². The summed E-state index contributed by atoms with van der Waals surface area (Å²) in [6, 6.07) is 14.6. The van der Waals surface area contributed by atoms with Crippen LogP contribution in [0.2, 0.25) is 0 Å². The quantitative estimate of drug-likeness (QED) is 0.781. The van der Waals surface area contributed by atoms with E-state index in [0.29, 0.717) is 0 Å². The van der Waals surface area contributed by atoms with Gasteiger partial charge in [-0.1, -0.05) is 51.1 Å². The fourth-order valence-electron chi connectivity index (χ4n) is 3.10. The number of hydrogen-bond acceptors (Lipinski definition) is 1. The summed E-state index contributed by atoms with van der Waals surface area (Å²) < 4.78 is 0.